The smallest absolute Gasteiger partial charge is 0.309 e. The van der Waals surface area contributed by atoms with Crippen LogP contribution < -0.4 is 0 Å². The summed E-state index contributed by atoms with van der Waals surface area (Å²) in [7, 11) is 0. The SMILES string of the molecule is C=C(C)C.CC1(C)C(O)CCC2(C)C1CCC1(C)C3CCC4(C(=O)O)CCC[C@@H]4C3CCC12. The second-order valence-corrected chi connectivity index (χ2v) is 14.1. The number of carboxylic acids is 1. The molecule has 8 unspecified atom stereocenters. The van der Waals surface area contributed by atoms with Crippen LogP contribution in [0.1, 0.15) is 112 Å². The van der Waals surface area contributed by atoms with Crippen LogP contribution in [0.2, 0.25) is 0 Å². The second kappa shape index (κ2) is 8.38. The number of rotatable bonds is 1. The number of hydrogen-bond acceptors (Lipinski definition) is 2. The first-order chi connectivity index (χ1) is 15.3. The third-order valence-electron chi connectivity index (χ3n) is 11.9. The molecule has 3 nitrogen and oxygen atoms in total. The van der Waals surface area contributed by atoms with Crippen molar-refractivity contribution in [2.24, 2.45) is 51.2 Å². The second-order valence-electron chi connectivity index (χ2n) is 14.1. The fourth-order valence-corrected chi connectivity index (χ4v) is 10.6. The Hall–Kier alpha value is -0.830. The van der Waals surface area contributed by atoms with E-state index in [0.29, 0.717) is 34.5 Å². The molecule has 0 spiro atoms. The van der Waals surface area contributed by atoms with Crippen LogP contribution in [-0.4, -0.2) is 22.3 Å². The summed E-state index contributed by atoms with van der Waals surface area (Å²) < 4.78 is 0. The summed E-state index contributed by atoms with van der Waals surface area (Å²) in [5, 5.41) is 20.9. The Morgan fingerprint density at radius 1 is 0.788 bits per heavy atom. The predicted molar refractivity (Wildman–Crippen MR) is 135 cm³/mol. The van der Waals surface area contributed by atoms with Crippen LogP contribution in [0.5, 0.6) is 0 Å². The van der Waals surface area contributed by atoms with Gasteiger partial charge in [-0.1, -0.05) is 39.7 Å². The van der Waals surface area contributed by atoms with Gasteiger partial charge in [-0.05, 0) is 124 Å². The van der Waals surface area contributed by atoms with Crippen molar-refractivity contribution in [1.29, 1.82) is 0 Å². The number of carbonyl (C=O) groups is 1. The van der Waals surface area contributed by atoms with Crippen molar-refractivity contribution in [2.75, 3.05) is 0 Å². The molecule has 3 heteroatoms. The minimum Gasteiger partial charge on any atom is -0.481 e. The first-order valence-electron chi connectivity index (χ1n) is 13.8. The van der Waals surface area contributed by atoms with Crippen LogP contribution >= 0.6 is 0 Å². The number of aliphatic carboxylic acids is 1. The van der Waals surface area contributed by atoms with E-state index in [-0.39, 0.29) is 11.5 Å². The van der Waals surface area contributed by atoms with Crippen molar-refractivity contribution in [1.82, 2.24) is 0 Å². The van der Waals surface area contributed by atoms with Crippen molar-refractivity contribution >= 4 is 5.97 Å². The monoisotopic (exact) mass is 458 g/mol. The number of aliphatic hydroxyl groups excluding tert-OH is 1. The van der Waals surface area contributed by atoms with Crippen molar-refractivity contribution in [2.45, 2.75) is 118 Å². The van der Waals surface area contributed by atoms with E-state index in [4.69, 9.17) is 0 Å². The molecule has 5 aliphatic rings. The zero-order valence-electron chi connectivity index (χ0n) is 22.3. The Balaban J connectivity index is 0.000000601. The maximum absolute atomic E-state index is 12.3. The third-order valence-corrected chi connectivity index (χ3v) is 11.9. The van der Waals surface area contributed by atoms with E-state index in [1.165, 1.54) is 37.7 Å². The highest BCUT2D eigenvalue weighted by atomic mass is 16.4. The van der Waals surface area contributed by atoms with Crippen LogP contribution in [0.3, 0.4) is 0 Å². The van der Waals surface area contributed by atoms with Crippen LogP contribution in [0.25, 0.3) is 0 Å². The molecule has 2 N–H and O–H groups in total. The molecule has 188 valence electrons. The summed E-state index contributed by atoms with van der Waals surface area (Å²) in [6.45, 7) is 17.3. The molecule has 0 saturated heterocycles. The zero-order chi connectivity index (χ0) is 24.4. The molecule has 0 aromatic heterocycles. The predicted octanol–water partition coefficient (Wildman–Crippen LogP) is 7.48. The molecule has 5 saturated carbocycles. The van der Waals surface area contributed by atoms with E-state index in [1.54, 1.807) is 0 Å². The third kappa shape index (κ3) is 3.66. The van der Waals surface area contributed by atoms with Crippen LogP contribution in [0, 0.1) is 51.2 Å². The van der Waals surface area contributed by atoms with E-state index in [1.807, 2.05) is 13.8 Å². The molecule has 0 radical (unpaired) electrons. The van der Waals surface area contributed by atoms with Gasteiger partial charge in [0.05, 0.1) is 11.5 Å². The summed E-state index contributed by atoms with van der Waals surface area (Å²) >= 11 is 0. The highest BCUT2D eigenvalue weighted by Crippen LogP contribution is 2.72. The van der Waals surface area contributed by atoms with Gasteiger partial charge in [-0.25, -0.2) is 0 Å². The molecule has 0 bridgehead atoms. The Labute approximate surface area is 202 Å². The fraction of sp³-hybridized carbons (Fsp3) is 0.900. The average molecular weight is 459 g/mol. The Bertz CT molecular complexity index is 781. The van der Waals surface area contributed by atoms with Gasteiger partial charge >= 0.3 is 5.97 Å². The van der Waals surface area contributed by atoms with Gasteiger partial charge in [0.25, 0.3) is 0 Å². The molecule has 5 fully saturated rings. The number of carboxylic acid groups (broad SMARTS) is 1. The lowest BCUT2D eigenvalue weighted by Crippen LogP contribution is -2.63. The maximum Gasteiger partial charge on any atom is 0.309 e. The molecule has 9 atom stereocenters. The summed E-state index contributed by atoms with van der Waals surface area (Å²) in [4.78, 5) is 12.3. The van der Waals surface area contributed by atoms with E-state index in [9.17, 15) is 15.0 Å². The minimum absolute atomic E-state index is 0.0155. The van der Waals surface area contributed by atoms with Gasteiger partial charge < -0.3 is 10.2 Å². The number of aliphatic hydroxyl groups is 1. The number of fused-ring (bicyclic) bond motifs is 7. The van der Waals surface area contributed by atoms with E-state index < -0.39 is 11.4 Å². The summed E-state index contributed by atoms with van der Waals surface area (Å²) in [6.07, 6.45) is 12.2. The van der Waals surface area contributed by atoms with Gasteiger partial charge in [-0.3, -0.25) is 4.79 Å². The van der Waals surface area contributed by atoms with E-state index in [2.05, 4.69) is 34.3 Å². The Morgan fingerprint density at radius 3 is 2.06 bits per heavy atom. The van der Waals surface area contributed by atoms with Gasteiger partial charge in [0.2, 0.25) is 0 Å². The summed E-state index contributed by atoms with van der Waals surface area (Å²) in [6, 6.07) is 0. The lowest BCUT2D eigenvalue weighted by molar-refractivity contribution is -0.216. The van der Waals surface area contributed by atoms with Gasteiger partial charge in [0.1, 0.15) is 0 Å². The normalized spacial score (nSPS) is 49.9. The summed E-state index contributed by atoms with van der Waals surface area (Å²) in [5.74, 6) is 2.62. The standard InChI is InChI=1S/C26H42O3.C4H8/c1-23(2)19-10-13-24(3)17-9-15-26(22(28)29)12-5-6-18(26)16(17)7-8-20(24)25(19,4)14-11-21(23)27;1-4(2)3/h16-21,27H,5-15H2,1-4H3,(H,28,29);1H2,2-3H3/t16?,17?,18-,19?,20?,21?,24?,25?,26?;/m1./s1. The Kier molecular flexibility index (Phi) is 6.42. The molecule has 0 aliphatic heterocycles. The maximum atomic E-state index is 12.3. The van der Waals surface area contributed by atoms with Gasteiger partial charge in [0, 0.05) is 0 Å². The molecule has 5 aliphatic carbocycles. The van der Waals surface area contributed by atoms with E-state index >= 15 is 0 Å². The molecular weight excluding hydrogens is 408 g/mol. The highest BCUT2D eigenvalue weighted by Gasteiger charge is 2.67. The van der Waals surface area contributed by atoms with Crippen molar-refractivity contribution in [3.8, 4) is 0 Å². The van der Waals surface area contributed by atoms with Crippen LogP contribution in [0.4, 0.5) is 0 Å². The summed E-state index contributed by atoms with van der Waals surface area (Å²) in [5.41, 5.74) is 1.47. The quantitative estimate of drug-likeness (QED) is 0.400. The molecular formula is C30H50O3. The molecule has 0 amide bonds. The number of hydrogen-bond donors (Lipinski definition) is 2. The molecule has 0 aromatic carbocycles. The highest BCUT2D eigenvalue weighted by molar-refractivity contribution is 5.75. The first-order valence-corrected chi connectivity index (χ1v) is 13.8. The van der Waals surface area contributed by atoms with Crippen LogP contribution in [-0.2, 0) is 4.79 Å². The van der Waals surface area contributed by atoms with Gasteiger partial charge in [-0.15, -0.1) is 6.58 Å². The van der Waals surface area contributed by atoms with Gasteiger partial charge in [-0.2, -0.15) is 0 Å². The van der Waals surface area contributed by atoms with Crippen molar-refractivity contribution in [3.05, 3.63) is 12.2 Å². The zero-order valence-corrected chi connectivity index (χ0v) is 22.3. The molecule has 0 aromatic rings. The molecule has 5 rings (SSSR count). The lowest BCUT2D eigenvalue weighted by atomic mass is 9.36. The van der Waals surface area contributed by atoms with Crippen molar-refractivity contribution < 1.29 is 15.0 Å². The van der Waals surface area contributed by atoms with Crippen molar-refractivity contribution in [3.63, 3.8) is 0 Å². The van der Waals surface area contributed by atoms with Gasteiger partial charge in [0.15, 0.2) is 0 Å². The molecule has 33 heavy (non-hydrogen) atoms. The largest absolute Gasteiger partial charge is 0.481 e. The van der Waals surface area contributed by atoms with Crippen LogP contribution in [0.15, 0.2) is 12.2 Å². The topological polar surface area (TPSA) is 57.5 Å². The average Bonchev–Trinajstić information content (AvgIpc) is 3.16. The first kappa shape index (κ1) is 25.3. The fourth-order valence-electron chi connectivity index (χ4n) is 10.6. The van der Waals surface area contributed by atoms with E-state index in [0.717, 1.165) is 44.4 Å². The minimum atomic E-state index is -0.496. The Morgan fingerprint density at radius 2 is 1.42 bits per heavy atom. The molecule has 0 heterocycles. The lowest BCUT2D eigenvalue weighted by Gasteiger charge is -2.69. The number of allylic oxidation sites excluding steroid dienone is 1.